The summed E-state index contributed by atoms with van der Waals surface area (Å²) in [5.41, 5.74) is 5.49. The molecule has 10 aromatic rings. The average molecular weight is 1750 g/mol. The van der Waals surface area contributed by atoms with Gasteiger partial charge in [-0.25, -0.2) is 74.8 Å². The van der Waals surface area contributed by atoms with Crippen molar-refractivity contribution in [2.75, 3.05) is 12.8 Å². The van der Waals surface area contributed by atoms with Gasteiger partial charge in [0.2, 0.25) is 0 Å². The summed E-state index contributed by atoms with van der Waals surface area (Å²) < 4.78 is 114. The summed E-state index contributed by atoms with van der Waals surface area (Å²) in [6, 6.07) is 9.84. The zero-order valence-corrected chi connectivity index (χ0v) is 59.4. The molecule has 40 heteroatoms. The number of rotatable bonds is 12. The SMILES string of the molecule is C.CC(C)(C)OC(=O)Cc1cnc(-n2nccn2)c(C(F)F)c1.COC(=O)c1cc(Br)cnc1Cl.FC(F)c1cc(Br)cnc1-n1nccn1.FC(F)c1cc(Br)cnc1Cl.Nc1cnc(-n2nccn2)c(C(F)F)c1.O=Cc1cc(Br)cnc1Cl.OCc1cc(Br)cnc1Cl. The number of methoxy groups -OCH3 is 1. The standard InChI is InChI=1S/C14H16F2N4O2.C8H5BrF2N4.C8H7F2N5.C7H5BrClNO2.C6H3BrClF2N.C6H5BrClNO.C6H3BrClNO.CH4/c1-14(2,3)22-11(21)7-9-6-10(12(15)16)13(17-8-9)20-18-4-5-19-20;9-5-3-6(7(10)11)8(12-4-5)15-13-1-2-14-15;9-7(10)6-3-5(11)4-12-8(6)15-13-1-2-14-15;1-12-7(11)5-2-4(8)3-10-6(5)9;7-3-1-4(6(9)10)5(8)11-2-3;2*7-5-1-4(3-10)6(8)9-2-5;/h4-6,8,12H,7H2,1-3H3;1-4,7H;1-4,7H,11H2;2-3H,1H3;1-2,6H;1-2,10H,3H2;1-3H;1H4. The van der Waals surface area contributed by atoms with E-state index < -0.39 is 43.2 Å². The number of halogens is 17. The van der Waals surface area contributed by atoms with Gasteiger partial charge in [-0.3, -0.25) is 9.59 Å². The van der Waals surface area contributed by atoms with Gasteiger partial charge in [0.25, 0.3) is 25.7 Å². The van der Waals surface area contributed by atoms with Gasteiger partial charge in [0.15, 0.2) is 23.7 Å². The van der Waals surface area contributed by atoms with Crippen molar-refractivity contribution in [3.05, 3.63) is 211 Å². The summed E-state index contributed by atoms with van der Waals surface area (Å²) in [4.78, 5) is 62.5. The van der Waals surface area contributed by atoms with Crippen LogP contribution in [0.3, 0.4) is 0 Å². The predicted molar refractivity (Wildman–Crippen MR) is 356 cm³/mol. The number of hydrogen-bond acceptors (Lipinski definition) is 20. The Labute approximate surface area is 602 Å². The number of alkyl halides is 8. The molecule has 0 atom stereocenters. The van der Waals surface area contributed by atoms with Crippen molar-refractivity contribution >= 4 is 150 Å². The second kappa shape index (κ2) is 41.2. The van der Waals surface area contributed by atoms with E-state index in [2.05, 4.69) is 150 Å². The van der Waals surface area contributed by atoms with E-state index >= 15 is 0 Å². The normalized spacial score (nSPS) is 10.5. The molecule has 0 bridgehead atoms. The van der Waals surface area contributed by atoms with Crippen LogP contribution in [-0.4, -0.2) is 116 Å². The Morgan fingerprint density at radius 1 is 0.531 bits per heavy atom. The fraction of sp³-hybridized carbons (Fsp3) is 0.214. The number of anilines is 1. The van der Waals surface area contributed by atoms with Gasteiger partial charge >= 0.3 is 11.9 Å². The Morgan fingerprint density at radius 3 is 1.32 bits per heavy atom. The molecule has 0 fully saturated rings. The number of aliphatic hydroxyl groups excluding tert-OH is 1. The number of pyridine rings is 7. The summed E-state index contributed by atoms with van der Waals surface area (Å²) >= 11 is 37.8. The van der Waals surface area contributed by atoms with Crippen LogP contribution < -0.4 is 5.73 Å². The van der Waals surface area contributed by atoms with Gasteiger partial charge in [-0.1, -0.05) is 53.8 Å². The van der Waals surface area contributed by atoms with Crippen LogP contribution >= 0.6 is 126 Å². The van der Waals surface area contributed by atoms with Crippen molar-refractivity contribution in [2.45, 2.75) is 72.5 Å². The highest BCUT2D eigenvalue weighted by molar-refractivity contribution is 9.11. The first-order valence-corrected chi connectivity index (χ1v) is 31.1. The Balaban J connectivity index is 0.000000297. The number of aldehydes is 1. The molecule has 0 unspecified atom stereocenters. The first kappa shape index (κ1) is 83.1. The summed E-state index contributed by atoms with van der Waals surface area (Å²) in [6.07, 6.45) is 8.27. The van der Waals surface area contributed by atoms with Crippen molar-refractivity contribution in [3.8, 4) is 17.5 Å². The lowest BCUT2D eigenvalue weighted by atomic mass is 10.1. The quantitative estimate of drug-likeness (QED) is 0.0497. The Morgan fingerprint density at radius 2 is 0.906 bits per heavy atom. The molecule has 10 aromatic heterocycles. The van der Waals surface area contributed by atoms with Crippen LogP contribution in [-0.2, 0) is 27.3 Å². The number of carbonyl (C=O) groups is 3. The molecule has 96 heavy (non-hydrogen) atoms. The van der Waals surface area contributed by atoms with Crippen LogP contribution in [0.4, 0.5) is 40.8 Å². The molecule has 0 aliphatic heterocycles. The maximum absolute atomic E-state index is 13.2. The molecule has 0 radical (unpaired) electrons. The molecule has 0 spiro atoms. The number of ether oxygens (including phenoxy) is 2. The molecule has 0 amide bonds. The monoisotopic (exact) mass is 1740 g/mol. The van der Waals surface area contributed by atoms with Crippen molar-refractivity contribution in [3.63, 3.8) is 0 Å². The first-order valence-electron chi connectivity index (χ1n) is 25.6. The number of carbonyl (C=O) groups excluding carboxylic acids is 3. The van der Waals surface area contributed by atoms with Crippen molar-refractivity contribution in [2.24, 2.45) is 0 Å². The molecule has 10 rings (SSSR count). The third-order valence-electron chi connectivity index (χ3n) is 10.3. The van der Waals surface area contributed by atoms with E-state index in [1.165, 1.54) is 99.7 Å². The van der Waals surface area contributed by atoms with E-state index in [4.69, 9.17) is 62.0 Å². The van der Waals surface area contributed by atoms with Gasteiger partial charge in [0.1, 0.15) is 26.2 Å². The summed E-state index contributed by atoms with van der Waals surface area (Å²) in [7, 11) is 1.29. The number of aromatic nitrogens is 16. The van der Waals surface area contributed by atoms with Crippen LogP contribution in [0.15, 0.2) is 145 Å². The highest BCUT2D eigenvalue weighted by Crippen LogP contribution is 2.30. The van der Waals surface area contributed by atoms with E-state index in [1.54, 1.807) is 45.2 Å². The number of hydrogen-bond donors (Lipinski definition) is 2. The van der Waals surface area contributed by atoms with Crippen molar-refractivity contribution < 1.29 is 64.1 Å². The molecule has 0 aliphatic carbocycles. The van der Waals surface area contributed by atoms with Crippen LogP contribution in [0.5, 0.6) is 0 Å². The van der Waals surface area contributed by atoms with Crippen molar-refractivity contribution in [1.29, 1.82) is 0 Å². The van der Waals surface area contributed by atoms with Gasteiger partial charge in [0, 0.05) is 65.1 Å². The van der Waals surface area contributed by atoms with Crippen LogP contribution in [0, 0.1) is 0 Å². The number of nitrogens with zero attached hydrogens (tertiary/aromatic N) is 16. The molecule has 0 saturated carbocycles. The zero-order valence-electron chi connectivity index (χ0n) is 48.5. The second-order valence-electron chi connectivity index (χ2n) is 18.4. The third-order valence-corrected chi connectivity index (χ3v) is 13.8. The fourth-order valence-electron chi connectivity index (χ4n) is 6.42. The third kappa shape index (κ3) is 27.8. The fourth-order valence-corrected chi connectivity index (χ4v) is 8.86. The van der Waals surface area contributed by atoms with Gasteiger partial charge in [-0.15, -0.1) is 14.4 Å². The lowest BCUT2D eigenvalue weighted by molar-refractivity contribution is -0.153. The minimum atomic E-state index is -2.76. The molecular weight excluding hydrogens is 1700 g/mol. The predicted octanol–water partition coefficient (Wildman–Crippen LogP) is 16.7. The molecular formula is C56H48Br5Cl4F8N17O6. The van der Waals surface area contributed by atoms with Gasteiger partial charge in [-0.05, 0) is 148 Å². The van der Waals surface area contributed by atoms with E-state index in [0.717, 1.165) is 29.4 Å². The van der Waals surface area contributed by atoms with Crippen LogP contribution in [0.1, 0.15) is 108 Å². The molecule has 3 N–H and O–H groups in total. The van der Waals surface area contributed by atoms with E-state index in [0.29, 0.717) is 41.5 Å². The summed E-state index contributed by atoms with van der Waals surface area (Å²) in [5, 5.41) is 31.8. The maximum atomic E-state index is 13.2. The Kier molecular flexibility index (Phi) is 35.6. The van der Waals surface area contributed by atoms with E-state index in [-0.39, 0.29) is 86.9 Å². The largest absolute Gasteiger partial charge is 0.465 e. The van der Waals surface area contributed by atoms with E-state index in [1.807, 2.05) is 0 Å². The molecule has 23 nitrogen and oxygen atoms in total. The number of nitrogen functional groups attached to an aromatic ring is 1. The summed E-state index contributed by atoms with van der Waals surface area (Å²) in [6.45, 7) is 5.13. The number of esters is 2. The molecule has 0 aromatic carbocycles. The average Bonchev–Trinajstić information content (AvgIpc) is 1.37. The van der Waals surface area contributed by atoms with E-state index in [9.17, 15) is 49.5 Å². The molecule has 0 aliphatic rings. The lowest BCUT2D eigenvalue weighted by Gasteiger charge is -2.19. The van der Waals surface area contributed by atoms with Gasteiger partial charge < -0.3 is 20.3 Å². The van der Waals surface area contributed by atoms with Crippen molar-refractivity contribution in [1.82, 2.24) is 79.9 Å². The second-order valence-corrected chi connectivity index (χ2v) is 24.4. The van der Waals surface area contributed by atoms with Gasteiger partial charge in [-0.2, -0.15) is 30.6 Å². The van der Waals surface area contributed by atoms with Crippen LogP contribution in [0.25, 0.3) is 17.5 Å². The first-order chi connectivity index (χ1) is 44.9. The topological polar surface area (TPSA) is 298 Å². The summed E-state index contributed by atoms with van der Waals surface area (Å²) in [5.74, 6) is -1.02. The van der Waals surface area contributed by atoms with Crippen LogP contribution in [0.2, 0.25) is 20.6 Å². The zero-order chi connectivity index (χ0) is 70.7. The minimum Gasteiger partial charge on any atom is -0.465 e. The maximum Gasteiger partial charge on any atom is 0.341 e. The molecule has 512 valence electrons. The number of aliphatic hydroxyl groups is 1. The Hall–Kier alpha value is -7.16. The lowest BCUT2D eigenvalue weighted by Crippen LogP contribution is -2.25. The number of nitrogens with two attached hydrogens (primary N) is 1. The highest BCUT2D eigenvalue weighted by Gasteiger charge is 2.23. The molecule has 0 saturated heterocycles. The highest BCUT2D eigenvalue weighted by atomic mass is 79.9. The Bertz CT molecular complexity index is 4010. The smallest absolute Gasteiger partial charge is 0.341 e. The molecule has 10 heterocycles. The minimum absolute atomic E-state index is 0. The van der Waals surface area contributed by atoms with Gasteiger partial charge in [0.05, 0.1) is 103 Å².